The number of benzene rings is 2. The van der Waals surface area contributed by atoms with Crippen LogP contribution in [0.25, 0.3) is 0 Å². The van der Waals surface area contributed by atoms with Crippen LogP contribution in [0.2, 0.25) is 5.02 Å². The summed E-state index contributed by atoms with van der Waals surface area (Å²) in [6.07, 6.45) is 1.95. The summed E-state index contributed by atoms with van der Waals surface area (Å²) >= 11 is 7.21. The minimum Gasteiger partial charge on any atom is -0.467 e. The largest absolute Gasteiger partial charge is 0.467 e. The number of furan rings is 1. The maximum Gasteiger partial charge on any atom is 0.265 e. The van der Waals surface area contributed by atoms with Gasteiger partial charge in [-0.3, -0.25) is 14.5 Å². The Labute approximate surface area is 200 Å². The van der Waals surface area contributed by atoms with Gasteiger partial charge in [0, 0.05) is 10.7 Å². The molecule has 0 unspecified atom stereocenters. The summed E-state index contributed by atoms with van der Waals surface area (Å²) in [7, 11) is 0. The number of thioether (sulfide) groups is 1. The third-order valence-electron chi connectivity index (χ3n) is 5.14. The lowest BCUT2D eigenvalue weighted by Gasteiger charge is -2.19. The van der Waals surface area contributed by atoms with Gasteiger partial charge in [-0.05, 0) is 55.3 Å². The van der Waals surface area contributed by atoms with Crippen molar-refractivity contribution in [3.05, 3.63) is 99.4 Å². The molecule has 2 amide bonds. The fourth-order valence-electron chi connectivity index (χ4n) is 3.42. The molecule has 1 saturated heterocycles. The zero-order valence-electron chi connectivity index (χ0n) is 17.7. The normalized spacial score (nSPS) is 17.1. The van der Waals surface area contributed by atoms with Gasteiger partial charge in [-0.25, -0.2) is 0 Å². The molecule has 4 rings (SSSR count). The number of hydrogen-bond acceptors (Lipinski definition) is 5. The van der Waals surface area contributed by atoms with Crippen LogP contribution in [-0.2, 0) is 22.6 Å². The summed E-state index contributed by atoms with van der Waals surface area (Å²) < 4.78 is 5.24. The molecule has 0 saturated carbocycles. The minimum atomic E-state index is -0.562. The molecule has 0 radical (unpaired) electrons. The summed E-state index contributed by atoms with van der Waals surface area (Å²) in [6, 6.07) is 20.2. The first-order valence-corrected chi connectivity index (χ1v) is 11.5. The van der Waals surface area contributed by atoms with Crippen molar-refractivity contribution in [2.45, 2.75) is 25.1 Å². The maximum absolute atomic E-state index is 13.4. The maximum atomic E-state index is 13.4. The first kappa shape index (κ1) is 22.7. The van der Waals surface area contributed by atoms with E-state index < -0.39 is 11.2 Å². The highest BCUT2D eigenvalue weighted by Crippen LogP contribution is 2.42. The molecular formula is C25H20ClN3O3S. The number of carbonyl (C=O) groups excluding carboxylic acids is 2. The Balaban J connectivity index is 1.67. The second-order valence-corrected chi connectivity index (χ2v) is 9.13. The summed E-state index contributed by atoms with van der Waals surface area (Å²) in [5, 5.41) is 13.0. The van der Waals surface area contributed by atoms with Crippen LogP contribution < -0.4 is 10.2 Å². The van der Waals surface area contributed by atoms with Crippen molar-refractivity contribution >= 4 is 40.9 Å². The molecule has 0 aliphatic carbocycles. The molecular weight excluding hydrogens is 458 g/mol. The van der Waals surface area contributed by atoms with Crippen molar-refractivity contribution in [2.24, 2.45) is 0 Å². The van der Waals surface area contributed by atoms with Crippen molar-refractivity contribution in [2.75, 3.05) is 4.90 Å². The monoisotopic (exact) mass is 477 g/mol. The molecule has 6 nitrogen and oxygen atoms in total. The number of nitriles is 1. The molecule has 2 aromatic carbocycles. The van der Waals surface area contributed by atoms with Crippen molar-refractivity contribution in [3.8, 4) is 6.07 Å². The van der Waals surface area contributed by atoms with E-state index in [0.29, 0.717) is 27.9 Å². The lowest BCUT2D eigenvalue weighted by atomic mass is 10.1. The quantitative estimate of drug-likeness (QED) is 0.399. The number of carbonyl (C=O) groups is 2. The molecule has 8 heteroatoms. The summed E-state index contributed by atoms with van der Waals surface area (Å²) in [6.45, 7) is 2.09. The van der Waals surface area contributed by atoms with Crippen LogP contribution in [0.1, 0.15) is 16.9 Å². The van der Waals surface area contributed by atoms with Crippen LogP contribution in [0.15, 0.2) is 81.9 Å². The Kier molecular flexibility index (Phi) is 6.87. The molecule has 1 N–H and O–H groups in total. The van der Waals surface area contributed by atoms with E-state index in [4.69, 9.17) is 16.0 Å². The van der Waals surface area contributed by atoms with Crippen molar-refractivity contribution in [1.29, 1.82) is 5.26 Å². The zero-order valence-corrected chi connectivity index (χ0v) is 19.3. The van der Waals surface area contributed by atoms with Gasteiger partial charge in [0.1, 0.15) is 22.4 Å². The second kappa shape index (κ2) is 9.99. The van der Waals surface area contributed by atoms with Crippen molar-refractivity contribution in [1.82, 2.24) is 5.32 Å². The van der Waals surface area contributed by atoms with Gasteiger partial charge < -0.3 is 9.73 Å². The van der Waals surface area contributed by atoms with E-state index >= 15 is 0 Å². The summed E-state index contributed by atoms with van der Waals surface area (Å²) in [4.78, 5) is 27.8. The molecule has 1 aliphatic rings. The highest BCUT2D eigenvalue weighted by Gasteiger charge is 2.40. The highest BCUT2D eigenvalue weighted by molar-refractivity contribution is 8.05. The van der Waals surface area contributed by atoms with Crippen LogP contribution in [0.5, 0.6) is 0 Å². The van der Waals surface area contributed by atoms with E-state index in [9.17, 15) is 14.9 Å². The number of anilines is 1. The Hall–Kier alpha value is -3.47. The molecule has 2 heterocycles. The van der Waals surface area contributed by atoms with Crippen LogP contribution >= 0.6 is 23.4 Å². The molecule has 0 bridgehead atoms. The van der Waals surface area contributed by atoms with Gasteiger partial charge in [-0.1, -0.05) is 53.2 Å². The third kappa shape index (κ3) is 5.14. The Morgan fingerprint density at radius 1 is 1.18 bits per heavy atom. The molecule has 166 valence electrons. The van der Waals surface area contributed by atoms with Gasteiger partial charge in [-0.15, -0.1) is 0 Å². The summed E-state index contributed by atoms with van der Waals surface area (Å²) in [5.74, 6) is -0.175. The van der Waals surface area contributed by atoms with Crippen LogP contribution in [0, 0.1) is 18.3 Å². The van der Waals surface area contributed by atoms with Gasteiger partial charge in [0.15, 0.2) is 0 Å². The number of nitrogens with zero attached hydrogens (tertiary/aromatic N) is 2. The predicted molar refractivity (Wildman–Crippen MR) is 128 cm³/mol. The van der Waals surface area contributed by atoms with Gasteiger partial charge >= 0.3 is 0 Å². The molecule has 0 spiro atoms. The Morgan fingerprint density at radius 3 is 2.55 bits per heavy atom. The zero-order chi connectivity index (χ0) is 23.4. The molecule has 3 aromatic rings. The molecule has 1 aliphatic heterocycles. The number of rotatable bonds is 6. The van der Waals surface area contributed by atoms with E-state index in [1.54, 1.807) is 24.3 Å². The number of aryl methyl sites for hydroxylation is 1. The van der Waals surface area contributed by atoms with E-state index in [1.165, 1.54) is 22.9 Å². The van der Waals surface area contributed by atoms with E-state index in [2.05, 4.69) is 5.32 Å². The number of hydrogen-bond donors (Lipinski definition) is 1. The number of halogens is 1. The standard InChI is InChI=1S/C25H20ClN3O3S/c1-16-4-10-19(11-5-16)29-24(31)22(13-17-6-8-18(26)9-7-17)33-25(29)21(14-27)23(30)28-15-20-3-2-12-32-20/h2-12,22H,13,15H2,1H3,(H,28,30)/b25-21+/t22-/m0/s1. The first-order valence-electron chi connectivity index (χ1n) is 10.2. The Bertz CT molecular complexity index is 1230. The first-order chi connectivity index (χ1) is 16.0. The fraction of sp³-hybridized carbons (Fsp3) is 0.160. The fourth-order valence-corrected chi connectivity index (χ4v) is 4.85. The average molecular weight is 478 g/mol. The van der Waals surface area contributed by atoms with Crippen molar-refractivity contribution in [3.63, 3.8) is 0 Å². The van der Waals surface area contributed by atoms with Gasteiger partial charge in [-0.2, -0.15) is 5.26 Å². The van der Waals surface area contributed by atoms with Crippen LogP contribution in [-0.4, -0.2) is 17.1 Å². The molecule has 33 heavy (non-hydrogen) atoms. The van der Waals surface area contributed by atoms with Gasteiger partial charge in [0.25, 0.3) is 5.91 Å². The summed E-state index contributed by atoms with van der Waals surface area (Å²) in [5.41, 5.74) is 2.48. The smallest absolute Gasteiger partial charge is 0.265 e. The lowest BCUT2D eigenvalue weighted by molar-refractivity contribution is -0.117. The van der Waals surface area contributed by atoms with E-state index in [-0.39, 0.29) is 18.0 Å². The highest BCUT2D eigenvalue weighted by atomic mass is 35.5. The van der Waals surface area contributed by atoms with E-state index in [0.717, 1.165) is 11.1 Å². The Morgan fingerprint density at radius 2 is 1.91 bits per heavy atom. The molecule has 1 atom stereocenters. The molecule has 1 aromatic heterocycles. The second-order valence-electron chi connectivity index (χ2n) is 7.50. The van der Waals surface area contributed by atoms with Gasteiger partial charge in [0.2, 0.25) is 5.91 Å². The van der Waals surface area contributed by atoms with Crippen molar-refractivity contribution < 1.29 is 14.0 Å². The van der Waals surface area contributed by atoms with Crippen LogP contribution in [0.4, 0.5) is 5.69 Å². The minimum absolute atomic E-state index is 0.112. The number of amides is 2. The van der Waals surface area contributed by atoms with E-state index in [1.807, 2.05) is 49.4 Å². The lowest BCUT2D eigenvalue weighted by Crippen LogP contribution is -2.32. The SMILES string of the molecule is Cc1ccc(N2C(=O)[C@H](Cc3ccc(Cl)cc3)S/C2=C(\C#N)C(=O)NCc2ccco2)cc1. The molecule has 1 fully saturated rings. The van der Waals surface area contributed by atoms with Crippen LogP contribution in [0.3, 0.4) is 0 Å². The number of nitrogens with one attached hydrogen (secondary N) is 1. The van der Waals surface area contributed by atoms with Gasteiger partial charge in [0.05, 0.1) is 18.1 Å². The third-order valence-corrected chi connectivity index (χ3v) is 6.65. The predicted octanol–water partition coefficient (Wildman–Crippen LogP) is 4.98. The topological polar surface area (TPSA) is 86.3 Å². The average Bonchev–Trinajstić information content (AvgIpc) is 3.44.